The van der Waals surface area contributed by atoms with Gasteiger partial charge in [-0.1, -0.05) is 30.3 Å². The van der Waals surface area contributed by atoms with Gasteiger partial charge >= 0.3 is 12.1 Å². The summed E-state index contributed by atoms with van der Waals surface area (Å²) in [6.45, 7) is 0.0459. The molecular weight excluding hydrogens is 384 g/mol. The lowest BCUT2D eigenvalue weighted by atomic mass is 10.2. The Balaban J connectivity index is 2.71. The maximum absolute atomic E-state index is 12.6. The zero-order valence-corrected chi connectivity index (χ0v) is 17.5. The van der Waals surface area contributed by atoms with Crippen LogP contribution in [-0.2, 0) is 41.3 Å². The van der Waals surface area contributed by atoms with Crippen LogP contribution >= 0.6 is 0 Å². The van der Waals surface area contributed by atoms with E-state index in [0.29, 0.717) is 6.42 Å². The first-order valence-corrected chi connectivity index (χ1v) is 11.0. The lowest BCUT2D eigenvalue weighted by molar-refractivity contribution is -0.150. The first kappa shape index (κ1) is 23.8. The molecule has 8 nitrogen and oxygen atoms in total. The van der Waals surface area contributed by atoms with Crippen molar-refractivity contribution in [1.82, 2.24) is 10.6 Å². The molecule has 0 saturated carbocycles. The summed E-state index contributed by atoms with van der Waals surface area (Å²) in [5.74, 6) is -0.355. The van der Waals surface area contributed by atoms with Gasteiger partial charge in [-0.15, -0.1) is 0 Å². The summed E-state index contributed by atoms with van der Waals surface area (Å²) in [6, 6.07) is 7.42. The molecule has 28 heavy (non-hydrogen) atoms. The first-order valence-electron chi connectivity index (χ1n) is 8.76. The van der Waals surface area contributed by atoms with Crippen LogP contribution in [0.25, 0.3) is 0 Å². The molecule has 9 heteroatoms. The fraction of sp³-hybridized carbons (Fsp3) is 0.526. The van der Waals surface area contributed by atoms with E-state index < -0.39 is 30.1 Å². The van der Waals surface area contributed by atoms with Crippen LogP contribution in [0.1, 0.15) is 12.0 Å². The molecule has 1 aromatic rings. The molecule has 0 spiro atoms. The number of hydrogen-bond acceptors (Lipinski definition) is 6. The van der Waals surface area contributed by atoms with Crippen LogP contribution in [0.4, 0.5) is 4.79 Å². The van der Waals surface area contributed by atoms with E-state index in [4.69, 9.17) is 9.47 Å². The van der Waals surface area contributed by atoms with Gasteiger partial charge in [0.15, 0.2) is 6.04 Å². The minimum absolute atomic E-state index is 0.0454. The van der Waals surface area contributed by atoms with Crippen molar-refractivity contribution in [2.45, 2.75) is 25.1 Å². The number of amides is 2. The molecule has 1 aromatic carbocycles. The van der Waals surface area contributed by atoms with Crippen molar-refractivity contribution in [1.29, 1.82) is 0 Å². The molecule has 0 radical (unpaired) electrons. The molecule has 0 aliphatic heterocycles. The van der Waals surface area contributed by atoms with E-state index in [0.717, 1.165) is 11.3 Å². The highest BCUT2D eigenvalue weighted by Crippen LogP contribution is 2.04. The van der Waals surface area contributed by atoms with Crippen LogP contribution in [0.5, 0.6) is 0 Å². The number of benzene rings is 1. The van der Waals surface area contributed by atoms with Crippen molar-refractivity contribution in [2.24, 2.45) is 0 Å². The highest BCUT2D eigenvalue weighted by Gasteiger charge is 2.29. The Morgan fingerprint density at radius 2 is 1.71 bits per heavy atom. The van der Waals surface area contributed by atoms with Gasteiger partial charge in [-0.25, -0.2) is 9.59 Å². The van der Waals surface area contributed by atoms with Gasteiger partial charge in [0.2, 0.25) is 5.91 Å². The molecule has 0 aliphatic carbocycles. The highest BCUT2D eigenvalue weighted by molar-refractivity contribution is 7.95. The molecule has 0 saturated heterocycles. The second-order valence-corrected chi connectivity index (χ2v) is 8.66. The van der Waals surface area contributed by atoms with Crippen molar-refractivity contribution < 1.29 is 28.6 Å². The number of nitrogens with one attached hydrogen (secondary N) is 2. The summed E-state index contributed by atoms with van der Waals surface area (Å²) in [5.41, 5.74) is 0.835. The van der Waals surface area contributed by atoms with Crippen LogP contribution < -0.4 is 10.6 Å². The number of hydrogen-bond donors (Lipinski definition) is 2. The summed E-state index contributed by atoms with van der Waals surface area (Å²) in [4.78, 5) is 36.6. The standard InChI is InChI=1S/C19H28N2O6S/c1-25-13-16(18(23)27-12-14-8-6-5-7-9-14)20-17(22)15(10-11-28(3)4)21-19(24)26-2/h5-9,15-16H,10-13H2,1-4H3,(H-,20,21,22,24)/p+1/t15-,16+/m0/s1. The molecule has 0 bridgehead atoms. The minimum Gasteiger partial charge on any atom is -0.459 e. The third-order valence-electron chi connectivity index (χ3n) is 3.77. The van der Waals surface area contributed by atoms with Gasteiger partial charge in [0, 0.05) is 13.5 Å². The van der Waals surface area contributed by atoms with Gasteiger partial charge in [-0.3, -0.25) is 4.79 Å². The Morgan fingerprint density at radius 3 is 2.29 bits per heavy atom. The molecule has 1 rings (SSSR count). The van der Waals surface area contributed by atoms with Gasteiger partial charge in [-0.05, 0) is 16.5 Å². The third kappa shape index (κ3) is 9.09. The smallest absolute Gasteiger partial charge is 0.407 e. The Morgan fingerprint density at radius 1 is 1.04 bits per heavy atom. The van der Waals surface area contributed by atoms with Gasteiger partial charge in [0.25, 0.3) is 0 Å². The van der Waals surface area contributed by atoms with Crippen LogP contribution in [0, 0.1) is 0 Å². The number of rotatable bonds is 11. The van der Waals surface area contributed by atoms with Gasteiger partial charge < -0.3 is 24.8 Å². The molecule has 0 heterocycles. The SMILES string of the molecule is COC[C@@H](NC(=O)[C@H](CC[S+](C)C)NC(=O)OC)C(=O)OCc1ccccc1. The van der Waals surface area contributed by atoms with Crippen LogP contribution in [-0.4, -0.2) is 69.1 Å². The Hall–Kier alpha value is -2.26. The van der Waals surface area contributed by atoms with Gasteiger partial charge in [-0.2, -0.15) is 0 Å². The molecular formula is C19H29N2O6S+. The van der Waals surface area contributed by atoms with Gasteiger partial charge in [0.1, 0.15) is 18.4 Å². The lowest BCUT2D eigenvalue weighted by Gasteiger charge is -2.21. The number of esters is 1. The summed E-state index contributed by atoms with van der Waals surface area (Å²) in [6.07, 6.45) is 3.81. The maximum atomic E-state index is 12.6. The monoisotopic (exact) mass is 413 g/mol. The number of alkyl carbamates (subject to hydrolysis) is 1. The largest absolute Gasteiger partial charge is 0.459 e. The van der Waals surface area contributed by atoms with E-state index in [9.17, 15) is 14.4 Å². The predicted molar refractivity (Wildman–Crippen MR) is 108 cm³/mol. The van der Waals surface area contributed by atoms with Crippen molar-refractivity contribution in [3.63, 3.8) is 0 Å². The molecule has 0 aromatic heterocycles. The molecule has 0 unspecified atom stereocenters. The van der Waals surface area contributed by atoms with Gasteiger partial charge in [0.05, 0.1) is 26.2 Å². The number of carbonyl (C=O) groups excluding carboxylic acids is 3. The lowest BCUT2D eigenvalue weighted by Crippen LogP contribution is -2.53. The van der Waals surface area contributed by atoms with E-state index in [2.05, 4.69) is 15.4 Å². The van der Waals surface area contributed by atoms with Crippen LogP contribution in [0.2, 0.25) is 0 Å². The van der Waals surface area contributed by atoms with Crippen LogP contribution in [0.15, 0.2) is 30.3 Å². The summed E-state index contributed by atoms with van der Waals surface area (Å²) in [7, 11) is 2.74. The fourth-order valence-corrected chi connectivity index (χ4v) is 2.97. The molecule has 0 aliphatic rings. The predicted octanol–water partition coefficient (Wildman–Crippen LogP) is 0.854. The first-order chi connectivity index (χ1) is 13.4. The molecule has 0 fully saturated rings. The summed E-state index contributed by atoms with van der Waals surface area (Å²) in [5, 5.41) is 5.11. The van der Waals surface area contributed by atoms with E-state index in [1.54, 1.807) is 0 Å². The number of methoxy groups -OCH3 is 2. The van der Waals surface area contributed by atoms with Crippen molar-refractivity contribution in [3.8, 4) is 0 Å². The second-order valence-electron chi connectivity index (χ2n) is 6.28. The van der Waals surface area contributed by atoms with Crippen molar-refractivity contribution >= 4 is 28.9 Å². The molecule has 2 N–H and O–H groups in total. The Kier molecular flexibility index (Phi) is 11.0. The van der Waals surface area contributed by atoms with Crippen molar-refractivity contribution in [3.05, 3.63) is 35.9 Å². The third-order valence-corrected chi connectivity index (χ3v) is 4.82. The van der Waals surface area contributed by atoms with E-state index >= 15 is 0 Å². The van der Waals surface area contributed by atoms with E-state index in [1.807, 2.05) is 42.8 Å². The Labute approximate surface area is 168 Å². The highest BCUT2D eigenvalue weighted by atomic mass is 32.2. The number of ether oxygens (including phenoxy) is 3. The molecule has 2 atom stereocenters. The summed E-state index contributed by atoms with van der Waals surface area (Å²) >= 11 is 0. The minimum atomic E-state index is -0.982. The summed E-state index contributed by atoms with van der Waals surface area (Å²) < 4.78 is 14.9. The average Bonchev–Trinajstić information content (AvgIpc) is 2.69. The Bertz CT molecular complexity index is 626. The molecule has 2 amide bonds. The fourth-order valence-electron chi connectivity index (χ4n) is 2.26. The molecule has 156 valence electrons. The zero-order chi connectivity index (χ0) is 20.9. The zero-order valence-electron chi connectivity index (χ0n) is 16.7. The van der Waals surface area contributed by atoms with Crippen LogP contribution in [0.3, 0.4) is 0 Å². The number of carbonyl (C=O) groups is 3. The normalized spacial score (nSPS) is 12.8. The maximum Gasteiger partial charge on any atom is 0.407 e. The van der Waals surface area contributed by atoms with E-state index in [1.165, 1.54) is 14.2 Å². The second kappa shape index (κ2) is 13.0. The topological polar surface area (TPSA) is 103 Å². The average molecular weight is 414 g/mol. The quantitative estimate of drug-likeness (QED) is 0.412. The van der Waals surface area contributed by atoms with E-state index in [-0.39, 0.29) is 24.1 Å². The van der Waals surface area contributed by atoms with Crippen molar-refractivity contribution in [2.75, 3.05) is 39.1 Å².